The van der Waals surface area contributed by atoms with Gasteiger partial charge in [0.2, 0.25) is 5.91 Å². The monoisotopic (exact) mass is 437 g/mol. The first-order chi connectivity index (χ1) is 15.0. The van der Waals surface area contributed by atoms with Crippen molar-refractivity contribution in [3.8, 4) is 5.69 Å². The van der Waals surface area contributed by atoms with Crippen LogP contribution in [0.4, 0.5) is 5.69 Å². The van der Waals surface area contributed by atoms with Crippen molar-refractivity contribution >= 4 is 40.2 Å². The SMILES string of the molecule is COC(=O)c1ccc(NC(=O)Cn2cnc3c(cnn3-c3cccc(Cl)c3)c2=O)cc1. The highest BCUT2D eigenvalue weighted by Crippen LogP contribution is 2.17. The molecule has 1 N–H and O–H groups in total. The van der Waals surface area contributed by atoms with E-state index in [9.17, 15) is 14.4 Å². The second kappa shape index (κ2) is 8.41. The lowest BCUT2D eigenvalue weighted by molar-refractivity contribution is -0.116. The highest BCUT2D eigenvalue weighted by Gasteiger charge is 2.14. The molecule has 0 atom stereocenters. The molecular weight excluding hydrogens is 422 g/mol. The van der Waals surface area contributed by atoms with E-state index in [4.69, 9.17) is 11.6 Å². The average Bonchev–Trinajstić information content (AvgIpc) is 3.20. The molecule has 2 heterocycles. The van der Waals surface area contributed by atoms with Crippen LogP contribution in [0.15, 0.2) is 65.8 Å². The van der Waals surface area contributed by atoms with Crippen molar-refractivity contribution in [1.82, 2.24) is 19.3 Å². The molecule has 0 aliphatic heterocycles. The molecule has 9 nitrogen and oxygen atoms in total. The molecule has 1 amide bonds. The number of benzene rings is 2. The second-order valence-electron chi connectivity index (χ2n) is 6.57. The number of carbonyl (C=O) groups is 2. The number of nitrogens with one attached hydrogen (secondary N) is 1. The zero-order valence-electron chi connectivity index (χ0n) is 16.3. The number of hydrogen-bond acceptors (Lipinski definition) is 6. The van der Waals surface area contributed by atoms with Crippen LogP contribution in [-0.4, -0.2) is 38.3 Å². The van der Waals surface area contributed by atoms with E-state index in [1.807, 2.05) is 0 Å². The third-order valence-corrected chi connectivity index (χ3v) is 4.75. The molecule has 0 saturated carbocycles. The number of fused-ring (bicyclic) bond motifs is 1. The van der Waals surface area contributed by atoms with Crippen LogP contribution in [-0.2, 0) is 16.1 Å². The van der Waals surface area contributed by atoms with E-state index >= 15 is 0 Å². The van der Waals surface area contributed by atoms with E-state index in [1.54, 1.807) is 36.4 Å². The summed E-state index contributed by atoms with van der Waals surface area (Å²) >= 11 is 6.03. The topological polar surface area (TPSA) is 108 Å². The van der Waals surface area contributed by atoms with Gasteiger partial charge in [-0.3, -0.25) is 14.2 Å². The molecule has 0 unspecified atom stereocenters. The van der Waals surface area contributed by atoms with Gasteiger partial charge in [0.25, 0.3) is 5.56 Å². The van der Waals surface area contributed by atoms with Gasteiger partial charge in [0.1, 0.15) is 18.3 Å². The Morgan fingerprint density at radius 2 is 1.94 bits per heavy atom. The van der Waals surface area contributed by atoms with Crippen LogP contribution in [0, 0.1) is 0 Å². The van der Waals surface area contributed by atoms with Crippen molar-refractivity contribution in [2.45, 2.75) is 6.54 Å². The standard InChI is InChI=1S/C21H16ClN5O4/c1-31-21(30)13-5-7-15(8-6-13)25-18(28)11-26-12-23-19-17(20(26)29)10-24-27(19)16-4-2-3-14(22)9-16/h2-10,12H,11H2,1H3,(H,25,28). The van der Waals surface area contributed by atoms with E-state index in [0.29, 0.717) is 27.6 Å². The number of carbonyl (C=O) groups excluding carboxylic acids is 2. The Hall–Kier alpha value is -3.98. The van der Waals surface area contributed by atoms with Crippen LogP contribution >= 0.6 is 11.6 Å². The highest BCUT2D eigenvalue weighted by molar-refractivity contribution is 6.30. The van der Waals surface area contributed by atoms with Gasteiger partial charge in [-0.2, -0.15) is 5.10 Å². The highest BCUT2D eigenvalue weighted by atomic mass is 35.5. The van der Waals surface area contributed by atoms with Gasteiger partial charge in [0.15, 0.2) is 5.65 Å². The molecule has 0 aliphatic carbocycles. The molecular formula is C21H16ClN5O4. The molecule has 4 aromatic rings. The summed E-state index contributed by atoms with van der Waals surface area (Å²) in [5.41, 5.74) is 1.48. The van der Waals surface area contributed by atoms with Crippen molar-refractivity contribution in [3.63, 3.8) is 0 Å². The molecule has 0 bridgehead atoms. The van der Waals surface area contributed by atoms with Crippen molar-refractivity contribution in [2.75, 3.05) is 12.4 Å². The number of methoxy groups -OCH3 is 1. The molecule has 4 rings (SSSR count). The van der Waals surface area contributed by atoms with Gasteiger partial charge in [0, 0.05) is 10.7 Å². The van der Waals surface area contributed by atoms with Crippen molar-refractivity contribution in [1.29, 1.82) is 0 Å². The van der Waals surface area contributed by atoms with E-state index < -0.39 is 17.4 Å². The molecule has 0 fully saturated rings. The first-order valence-electron chi connectivity index (χ1n) is 9.13. The molecule has 2 aromatic heterocycles. The number of hydrogen-bond donors (Lipinski definition) is 1. The smallest absolute Gasteiger partial charge is 0.337 e. The van der Waals surface area contributed by atoms with Gasteiger partial charge in [0.05, 0.1) is 24.6 Å². The molecule has 10 heteroatoms. The number of aromatic nitrogens is 4. The molecule has 0 radical (unpaired) electrons. The van der Waals surface area contributed by atoms with Gasteiger partial charge in [-0.15, -0.1) is 0 Å². The Labute approximate surface area is 180 Å². The summed E-state index contributed by atoms with van der Waals surface area (Å²) < 4.78 is 7.34. The third kappa shape index (κ3) is 4.17. The maximum absolute atomic E-state index is 12.8. The quantitative estimate of drug-likeness (QED) is 0.481. The summed E-state index contributed by atoms with van der Waals surface area (Å²) in [5, 5.41) is 7.71. The third-order valence-electron chi connectivity index (χ3n) is 4.51. The zero-order chi connectivity index (χ0) is 22.0. The van der Waals surface area contributed by atoms with Gasteiger partial charge < -0.3 is 10.1 Å². The lowest BCUT2D eigenvalue weighted by atomic mass is 10.2. The van der Waals surface area contributed by atoms with Crippen molar-refractivity contribution < 1.29 is 14.3 Å². The van der Waals surface area contributed by atoms with E-state index in [0.717, 1.165) is 0 Å². The van der Waals surface area contributed by atoms with Crippen LogP contribution in [0.1, 0.15) is 10.4 Å². The first-order valence-corrected chi connectivity index (χ1v) is 9.51. The number of nitrogens with zero attached hydrogens (tertiary/aromatic N) is 4. The van der Waals surface area contributed by atoms with Crippen LogP contribution in [0.25, 0.3) is 16.7 Å². The van der Waals surface area contributed by atoms with Gasteiger partial charge in [-0.25, -0.2) is 14.5 Å². The van der Waals surface area contributed by atoms with E-state index in [-0.39, 0.29) is 11.9 Å². The summed E-state index contributed by atoms with van der Waals surface area (Å²) in [5.74, 6) is -0.890. The fraction of sp³-hybridized carbons (Fsp3) is 0.0952. The molecule has 156 valence electrons. The van der Waals surface area contributed by atoms with E-state index in [2.05, 4.69) is 20.1 Å². The van der Waals surface area contributed by atoms with Crippen LogP contribution in [0.5, 0.6) is 0 Å². The normalized spacial score (nSPS) is 10.8. The van der Waals surface area contributed by atoms with Crippen LogP contribution in [0.3, 0.4) is 0 Å². The lowest BCUT2D eigenvalue weighted by Gasteiger charge is -2.08. The van der Waals surface area contributed by atoms with Crippen molar-refractivity contribution in [2.24, 2.45) is 0 Å². The summed E-state index contributed by atoms with van der Waals surface area (Å²) in [7, 11) is 1.29. The number of anilines is 1. The largest absolute Gasteiger partial charge is 0.465 e. The fourth-order valence-electron chi connectivity index (χ4n) is 3.02. The first kappa shape index (κ1) is 20.3. The predicted molar refractivity (Wildman–Crippen MR) is 115 cm³/mol. The summed E-state index contributed by atoms with van der Waals surface area (Å²) in [6.07, 6.45) is 2.71. The molecule has 2 aromatic carbocycles. The maximum atomic E-state index is 12.8. The number of halogens is 1. The molecule has 31 heavy (non-hydrogen) atoms. The minimum atomic E-state index is -0.470. The Morgan fingerprint density at radius 3 is 2.65 bits per heavy atom. The zero-order valence-corrected chi connectivity index (χ0v) is 17.0. The lowest BCUT2D eigenvalue weighted by Crippen LogP contribution is -2.27. The Kier molecular flexibility index (Phi) is 5.50. The van der Waals surface area contributed by atoms with Gasteiger partial charge in [-0.05, 0) is 42.5 Å². The van der Waals surface area contributed by atoms with Gasteiger partial charge >= 0.3 is 5.97 Å². The second-order valence-corrected chi connectivity index (χ2v) is 7.00. The van der Waals surface area contributed by atoms with Gasteiger partial charge in [-0.1, -0.05) is 17.7 Å². The summed E-state index contributed by atoms with van der Waals surface area (Å²) in [4.78, 5) is 40.9. The van der Waals surface area contributed by atoms with Crippen molar-refractivity contribution in [3.05, 3.63) is 82.0 Å². The Morgan fingerprint density at radius 1 is 1.16 bits per heavy atom. The van der Waals surface area contributed by atoms with E-state index in [1.165, 1.54) is 41.0 Å². The van der Waals surface area contributed by atoms with Crippen LogP contribution in [0.2, 0.25) is 5.02 Å². The average molecular weight is 438 g/mol. The van der Waals surface area contributed by atoms with Crippen LogP contribution < -0.4 is 10.9 Å². The number of amides is 1. The Balaban J connectivity index is 1.54. The number of rotatable bonds is 5. The molecule has 0 saturated heterocycles. The minimum Gasteiger partial charge on any atom is -0.465 e. The predicted octanol–water partition coefficient (Wildman–Crippen LogP) is 2.66. The molecule has 0 spiro atoms. The molecule has 0 aliphatic rings. The summed E-state index contributed by atoms with van der Waals surface area (Å²) in [6.45, 7) is -0.233. The number of esters is 1. The summed E-state index contributed by atoms with van der Waals surface area (Å²) in [6, 6.07) is 13.2. The number of ether oxygens (including phenoxy) is 1. The minimum absolute atomic E-state index is 0.233. The maximum Gasteiger partial charge on any atom is 0.337 e. The Bertz CT molecular complexity index is 1340. The fourth-order valence-corrected chi connectivity index (χ4v) is 3.21.